The number of imidazole rings is 1. The number of hydrogen-bond acceptors (Lipinski definition) is 4. The van der Waals surface area contributed by atoms with Gasteiger partial charge in [0.25, 0.3) is 0 Å². The van der Waals surface area contributed by atoms with E-state index < -0.39 is 0 Å². The van der Waals surface area contributed by atoms with Crippen molar-refractivity contribution in [3.63, 3.8) is 0 Å². The van der Waals surface area contributed by atoms with Crippen molar-refractivity contribution in [2.45, 2.75) is 13.0 Å². The standard InChI is InChI=1S/C27H25N5/c1-19-7-9-21(10-8-19)27(31-14-13-30-18-31)22-11-12-26-25(15-22)24(16-23(17-28)32(26)29)20-5-3-2-4-6-20/h2-18,27H,28-29H2,1H3/b23-17-. The fraction of sp³-hybridized carbons (Fsp3) is 0.0741. The molecule has 1 aliphatic rings. The molecular formula is C27H25N5. The number of hydrogen-bond donors (Lipinski definition) is 2. The first kappa shape index (κ1) is 19.8. The Labute approximate surface area is 187 Å². The monoisotopic (exact) mass is 419 g/mol. The lowest BCUT2D eigenvalue weighted by molar-refractivity contribution is 0.676. The zero-order chi connectivity index (χ0) is 22.1. The zero-order valence-corrected chi connectivity index (χ0v) is 17.9. The highest BCUT2D eigenvalue weighted by Crippen LogP contribution is 2.40. The fourth-order valence-electron chi connectivity index (χ4n) is 4.28. The van der Waals surface area contributed by atoms with Crippen LogP contribution in [0, 0.1) is 6.92 Å². The number of fused-ring (bicyclic) bond motifs is 1. The summed E-state index contributed by atoms with van der Waals surface area (Å²) in [5.74, 6) is 6.42. The SMILES string of the molecule is Cc1ccc(C(c2ccc3c(c2)C(c2ccccc2)=C/C(=C/N)N3N)n2ccnc2)cc1. The third-order valence-corrected chi connectivity index (χ3v) is 5.93. The van der Waals surface area contributed by atoms with Crippen LogP contribution in [-0.4, -0.2) is 9.55 Å². The molecule has 5 nitrogen and oxygen atoms in total. The van der Waals surface area contributed by atoms with Crippen molar-refractivity contribution in [1.29, 1.82) is 0 Å². The summed E-state index contributed by atoms with van der Waals surface area (Å²) in [4.78, 5) is 4.30. The minimum atomic E-state index is -0.00176. The van der Waals surface area contributed by atoms with Crippen molar-refractivity contribution in [3.05, 3.63) is 137 Å². The number of rotatable bonds is 4. The zero-order valence-electron chi connectivity index (χ0n) is 17.9. The van der Waals surface area contributed by atoms with Crippen LogP contribution in [0.15, 0.2) is 109 Å². The topological polar surface area (TPSA) is 73.1 Å². The fourth-order valence-corrected chi connectivity index (χ4v) is 4.28. The van der Waals surface area contributed by atoms with E-state index in [0.29, 0.717) is 0 Å². The van der Waals surface area contributed by atoms with Gasteiger partial charge in [-0.05, 0) is 47.4 Å². The summed E-state index contributed by atoms with van der Waals surface area (Å²) in [6, 6.07) is 25.4. The molecule has 158 valence electrons. The van der Waals surface area contributed by atoms with E-state index in [1.807, 2.05) is 43.0 Å². The van der Waals surface area contributed by atoms with Gasteiger partial charge >= 0.3 is 0 Å². The van der Waals surface area contributed by atoms with Crippen molar-refractivity contribution in [2.75, 3.05) is 5.01 Å². The number of aromatic nitrogens is 2. The first-order valence-corrected chi connectivity index (χ1v) is 10.6. The normalized spacial score (nSPS) is 15.4. The van der Waals surface area contributed by atoms with Crippen molar-refractivity contribution < 1.29 is 0 Å². The van der Waals surface area contributed by atoms with Gasteiger partial charge in [-0.3, -0.25) is 5.01 Å². The first-order chi connectivity index (χ1) is 15.7. The molecule has 1 aliphatic heterocycles. The maximum absolute atomic E-state index is 6.42. The van der Waals surface area contributed by atoms with Crippen LogP contribution in [0.25, 0.3) is 5.57 Å². The van der Waals surface area contributed by atoms with E-state index >= 15 is 0 Å². The molecule has 5 heteroatoms. The number of benzene rings is 3. The highest BCUT2D eigenvalue weighted by atomic mass is 15.4. The molecule has 5 rings (SSSR count). The summed E-state index contributed by atoms with van der Waals surface area (Å²) in [5.41, 5.74) is 14.4. The van der Waals surface area contributed by atoms with E-state index in [2.05, 4.69) is 71.1 Å². The van der Waals surface area contributed by atoms with Crippen molar-refractivity contribution >= 4 is 11.3 Å². The lowest BCUT2D eigenvalue weighted by Crippen LogP contribution is -2.33. The van der Waals surface area contributed by atoms with Gasteiger partial charge in [-0.2, -0.15) is 0 Å². The summed E-state index contributed by atoms with van der Waals surface area (Å²) in [6.07, 6.45) is 9.26. The van der Waals surface area contributed by atoms with Gasteiger partial charge < -0.3 is 10.3 Å². The van der Waals surface area contributed by atoms with Crippen LogP contribution in [0.4, 0.5) is 5.69 Å². The number of nitrogens with zero attached hydrogens (tertiary/aromatic N) is 3. The van der Waals surface area contributed by atoms with Crippen molar-refractivity contribution in [3.8, 4) is 0 Å². The molecule has 0 amide bonds. The average Bonchev–Trinajstić information content (AvgIpc) is 3.36. The Hall–Kier alpha value is -4.09. The van der Waals surface area contributed by atoms with Crippen LogP contribution >= 0.6 is 0 Å². The van der Waals surface area contributed by atoms with Crippen LogP contribution in [0.3, 0.4) is 0 Å². The highest BCUT2D eigenvalue weighted by molar-refractivity contribution is 5.92. The van der Waals surface area contributed by atoms with Gasteiger partial charge in [-0.15, -0.1) is 0 Å². The molecule has 0 bridgehead atoms. The summed E-state index contributed by atoms with van der Waals surface area (Å²) in [7, 11) is 0. The lowest BCUT2D eigenvalue weighted by Gasteiger charge is -2.30. The van der Waals surface area contributed by atoms with Crippen molar-refractivity contribution in [1.82, 2.24) is 9.55 Å². The van der Waals surface area contributed by atoms with Crippen LogP contribution in [0.5, 0.6) is 0 Å². The number of hydrazine groups is 1. The number of allylic oxidation sites excluding steroid dienone is 1. The van der Waals surface area contributed by atoms with E-state index in [0.717, 1.165) is 33.6 Å². The van der Waals surface area contributed by atoms with Gasteiger partial charge in [0.05, 0.1) is 23.8 Å². The highest BCUT2D eigenvalue weighted by Gasteiger charge is 2.24. The summed E-state index contributed by atoms with van der Waals surface area (Å²) in [6.45, 7) is 2.10. The van der Waals surface area contributed by atoms with Gasteiger partial charge in [-0.1, -0.05) is 66.2 Å². The van der Waals surface area contributed by atoms with Gasteiger partial charge in [0.2, 0.25) is 0 Å². The van der Waals surface area contributed by atoms with Gasteiger partial charge in [-0.25, -0.2) is 10.8 Å². The van der Waals surface area contributed by atoms with E-state index in [-0.39, 0.29) is 6.04 Å². The Morgan fingerprint density at radius 1 is 0.938 bits per heavy atom. The Bertz CT molecular complexity index is 1290. The molecule has 4 aromatic rings. The molecule has 0 aliphatic carbocycles. The van der Waals surface area contributed by atoms with Gasteiger partial charge in [0.15, 0.2) is 0 Å². The molecule has 0 spiro atoms. The average molecular weight is 420 g/mol. The molecule has 0 radical (unpaired) electrons. The van der Waals surface area contributed by atoms with Gasteiger partial charge in [0.1, 0.15) is 0 Å². The number of anilines is 1. The molecule has 3 aromatic carbocycles. The number of nitrogens with two attached hydrogens (primary N) is 2. The van der Waals surface area contributed by atoms with Crippen LogP contribution in [0.2, 0.25) is 0 Å². The van der Waals surface area contributed by atoms with Crippen LogP contribution < -0.4 is 16.6 Å². The summed E-state index contributed by atoms with van der Waals surface area (Å²) >= 11 is 0. The summed E-state index contributed by atoms with van der Waals surface area (Å²) < 4.78 is 2.13. The van der Waals surface area contributed by atoms with E-state index in [1.165, 1.54) is 11.1 Å². The second kappa shape index (κ2) is 8.21. The third kappa shape index (κ3) is 3.49. The molecule has 1 unspecified atom stereocenters. The van der Waals surface area contributed by atoms with E-state index in [4.69, 9.17) is 11.6 Å². The molecule has 1 atom stereocenters. The Balaban J connectivity index is 1.69. The molecule has 32 heavy (non-hydrogen) atoms. The predicted octanol–water partition coefficient (Wildman–Crippen LogP) is 4.75. The first-order valence-electron chi connectivity index (χ1n) is 10.6. The minimum Gasteiger partial charge on any atom is -0.403 e. The molecule has 1 aromatic heterocycles. The Morgan fingerprint density at radius 3 is 2.38 bits per heavy atom. The molecular weight excluding hydrogens is 394 g/mol. The number of aryl methyl sites for hydroxylation is 1. The summed E-state index contributed by atoms with van der Waals surface area (Å²) in [5, 5.41) is 1.64. The molecule has 4 N–H and O–H groups in total. The smallest absolute Gasteiger partial charge is 0.0954 e. The third-order valence-electron chi connectivity index (χ3n) is 5.93. The maximum Gasteiger partial charge on any atom is 0.0954 e. The Morgan fingerprint density at radius 2 is 1.69 bits per heavy atom. The molecule has 0 saturated heterocycles. The lowest BCUT2D eigenvalue weighted by atomic mass is 9.88. The molecule has 0 saturated carbocycles. The van der Waals surface area contributed by atoms with Gasteiger partial charge in [0, 0.05) is 24.2 Å². The van der Waals surface area contributed by atoms with Crippen molar-refractivity contribution in [2.24, 2.45) is 11.6 Å². The predicted molar refractivity (Wildman–Crippen MR) is 130 cm³/mol. The Kier molecular flexibility index (Phi) is 5.09. The second-order valence-corrected chi connectivity index (χ2v) is 7.99. The molecule has 2 heterocycles. The minimum absolute atomic E-state index is 0.00176. The second-order valence-electron chi connectivity index (χ2n) is 7.99. The largest absolute Gasteiger partial charge is 0.403 e. The van der Waals surface area contributed by atoms with E-state index in [9.17, 15) is 0 Å². The molecule has 0 fully saturated rings. The van der Waals surface area contributed by atoms with Crippen LogP contribution in [0.1, 0.15) is 33.9 Å². The quantitative estimate of drug-likeness (QED) is 0.468. The maximum atomic E-state index is 6.42. The van der Waals surface area contributed by atoms with Crippen LogP contribution in [-0.2, 0) is 0 Å². The van der Waals surface area contributed by atoms with E-state index in [1.54, 1.807) is 11.2 Å².